The standard InChI is InChI=1S/C26H22O2P2/c1-5-13-22(14-6-1)29(23-15-7-2-8-16-23)26(21-27-28-26)30(24-17-9-3-10-18-24)25-19-11-4-12-20-25/h1-20H,21H2. The summed E-state index contributed by atoms with van der Waals surface area (Å²) in [5.41, 5.74) is 0. The van der Waals surface area contributed by atoms with Crippen molar-refractivity contribution in [3.05, 3.63) is 121 Å². The van der Waals surface area contributed by atoms with Gasteiger partial charge in [0.15, 0.2) is 5.08 Å². The Labute approximate surface area is 179 Å². The maximum atomic E-state index is 6.22. The second kappa shape index (κ2) is 8.80. The van der Waals surface area contributed by atoms with Crippen LogP contribution < -0.4 is 21.2 Å². The maximum Gasteiger partial charge on any atom is 0.182 e. The molecule has 0 aromatic heterocycles. The molecule has 4 aromatic carbocycles. The predicted octanol–water partition coefficient (Wildman–Crippen LogP) is 4.87. The van der Waals surface area contributed by atoms with Gasteiger partial charge in [0, 0.05) is 15.8 Å². The van der Waals surface area contributed by atoms with Gasteiger partial charge >= 0.3 is 0 Å². The Morgan fingerprint density at radius 3 is 0.933 bits per heavy atom. The first-order valence-electron chi connectivity index (χ1n) is 10.00. The van der Waals surface area contributed by atoms with Crippen LogP contribution in [-0.2, 0) is 9.78 Å². The highest BCUT2D eigenvalue weighted by Gasteiger charge is 2.56. The molecule has 1 aliphatic heterocycles. The van der Waals surface area contributed by atoms with E-state index in [1.807, 2.05) is 0 Å². The van der Waals surface area contributed by atoms with Gasteiger partial charge in [-0.2, -0.15) is 0 Å². The van der Waals surface area contributed by atoms with Gasteiger partial charge in [0.05, 0.1) is 0 Å². The molecular weight excluding hydrogens is 406 g/mol. The fourth-order valence-corrected chi connectivity index (χ4v) is 10.8. The monoisotopic (exact) mass is 428 g/mol. The zero-order chi connectivity index (χ0) is 20.2. The third-order valence-electron chi connectivity index (χ3n) is 5.20. The SMILES string of the molecule is c1ccc(P(c2ccccc2)C2(P(c3ccccc3)c3ccccc3)COO2)cc1. The van der Waals surface area contributed by atoms with Gasteiger partial charge in [-0.3, -0.25) is 0 Å². The Kier molecular flexibility index (Phi) is 5.75. The van der Waals surface area contributed by atoms with Crippen LogP contribution >= 0.6 is 15.8 Å². The lowest BCUT2D eigenvalue weighted by molar-refractivity contribution is -0.413. The summed E-state index contributed by atoms with van der Waals surface area (Å²) >= 11 is 0. The fourth-order valence-electron chi connectivity index (χ4n) is 3.88. The van der Waals surface area contributed by atoms with Gasteiger partial charge in [0.1, 0.15) is 6.61 Å². The number of rotatable bonds is 6. The zero-order valence-corrected chi connectivity index (χ0v) is 18.3. The molecule has 0 aliphatic carbocycles. The van der Waals surface area contributed by atoms with Crippen molar-refractivity contribution >= 4 is 37.1 Å². The van der Waals surface area contributed by atoms with Crippen molar-refractivity contribution in [2.45, 2.75) is 5.08 Å². The smallest absolute Gasteiger partial charge is 0.182 e. The molecule has 5 rings (SSSR count). The lowest BCUT2D eigenvalue weighted by Gasteiger charge is -2.50. The minimum absolute atomic E-state index is 0.421. The van der Waals surface area contributed by atoms with E-state index in [2.05, 4.69) is 121 Å². The van der Waals surface area contributed by atoms with Crippen LogP contribution in [-0.4, -0.2) is 11.7 Å². The molecular formula is C26H22O2P2. The van der Waals surface area contributed by atoms with E-state index in [-0.39, 0.29) is 0 Å². The molecule has 0 bridgehead atoms. The van der Waals surface area contributed by atoms with Gasteiger partial charge in [0.25, 0.3) is 0 Å². The summed E-state index contributed by atoms with van der Waals surface area (Å²) in [6.45, 7) is 0.581. The molecule has 0 N–H and O–H groups in total. The van der Waals surface area contributed by atoms with Crippen LogP contribution in [0.3, 0.4) is 0 Å². The Morgan fingerprint density at radius 1 is 0.467 bits per heavy atom. The summed E-state index contributed by atoms with van der Waals surface area (Å²) < 4.78 is 0. The molecule has 4 aromatic rings. The average Bonchev–Trinajstić information content (AvgIpc) is 2.80. The molecule has 0 saturated carbocycles. The second-order valence-corrected chi connectivity index (χ2v) is 12.3. The normalized spacial score (nSPS) is 15.1. The van der Waals surface area contributed by atoms with Crippen molar-refractivity contribution < 1.29 is 9.78 Å². The van der Waals surface area contributed by atoms with Crippen LogP contribution in [0.1, 0.15) is 0 Å². The molecule has 1 fully saturated rings. The van der Waals surface area contributed by atoms with Gasteiger partial charge in [-0.25, -0.2) is 9.78 Å². The molecule has 30 heavy (non-hydrogen) atoms. The maximum absolute atomic E-state index is 6.22. The molecule has 0 unspecified atom stereocenters. The van der Waals surface area contributed by atoms with Crippen LogP contribution in [0.4, 0.5) is 0 Å². The summed E-state index contributed by atoms with van der Waals surface area (Å²) in [4.78, 5) is 11.7. The van der Waals surface area contributed by atoms with Crippen molar-refractivity contribution in [2.75, 3.05) is 6.61 Å². The largest absolute Gasteiger partial charge is 0.231 e. The summed E-state index contributed by atoms with van der Waals surface area (Å²) in [5.74, 6) is 0. The van der Waals surface area contributed by atoms with Crippen LogP contribution in [0, 0.1) is 0 Å². The van der Waals surface area contributed by atoms with Crippen LogP contribution in [0.15, 0.2) is 121 Å². The summed E-state index contributed by atoms with van der Waals surface area (Å²) in [6.07, 6.45) is 0. The average molecular weight is 428 g/mol. The molecule has 4 heteroatoms. The molecule has 0 radical (unpaired) electrons. The minimum Gasteiger partial charge on any atom is -0.231 e. The number of benzene rings is 4. The Balaban J connectivity index is 1.73. The molecule has 1 aliphatic rings. The van der Waals surface area contributed by atoms with E-state index in [0.717, 1.165) is 0 Å². The van der Waals surface area contributed by atoms with Gasteiger partial charge in [0.2, 0.25) is 0 Å². The summed E-state index contributed by atoms with van der Waals surface area (Å²) in [5, 5.41) is 4.81. The Bertz CT molecular complexity index is 905. The highest BCUT2D eigenvalue weighted by Crippen LogP contribution is 2.68. The van der Waals surface area contributed by atoms with Gasteiger partial charge in [-0.1, -0.05) is 121 Å². The Hall–Kier alpha value is -2.34. The van der Waals surface area contributed by atoms with E-state index in [1.54, 1.807) is 0 Å². The third kappa shape index (κ3) is 3.62. The van der Waals surface area contributed by atoms with Gasteiger partial charge in [-0.05, 0) is 21.2 Å². The van der Waals surface area contributed by atoms with Gasteiger partial charge < -0.3 is 0 Å². The number of hydrogen-bond donors (Lipinski definition) is 0. The van der Waals surface area contributed by atoms with Gasteiger partial charge in [-0.15, -0.1) is 0 Å². The van der Waals surface area contributed by atoms with E-state index >= 15 is 0 Å². The van der Waals surface area contributed by atoms with Crippen LogP contribution in [0.2, 0.25) is 0 Å². The predicted molar refractivity (Wildman–Crippen MR) is 128 cm³/mol. The van der Waals surface area contributed by atoms with E-state index in [1.165, 1.54) is 21.2 Å². The lowest BCUT2D eigenvalue weighted by Crippen LogP contribution is -2.51. The van der Waals surface area contributed by atoms with E-state index in [4.69, 9.17) is 9.78 Å². The van der Waals surface area contributed by atoms with Crippen molar-refractivity contribution in [1.82, 2.24) is 0 Å². The van der Waals surface area contributed by atoms with Crippen molar-refractivity contribution in [1.29, 1.82) is 0 Å². The van der Waals surface area contributed by atoms with Crippen LogP contribution in [0.25, 0.3) is 0 Å². The lowest BCUT2D eigenvalue weighted by atomic mass is 10.4. The van der Waals surface area contributed by atoms with Crippen molar-refractivity contribution in [3.63, 3.8) is 0 Å². The molecule has 0 atom stereocenters. The highest BCUT2D eigenvalue weighted by atomic mass is 31.2. The third-order valence-corrected chi connectivity index (χ3v) is 11.5. The molecule has 1 saturated heterocycles. The van der Waals surface area contributed by atoms with Crippen molar-refractivity contribution in [2.24, 2.45) is 0 Å². The second-order valence-electron chi connectivity index (χ2n) is 7.10. The van der Waals surface area contributed by atoms with E-state index in [0.29, 0.717) is 6.61 Å². The molecule has 1 heterocycles. The Morgan fingerprint density at radius 2 is 0.733 bits per heavy atom. The summed E-state index contributed by atoms with van der Waals surface area (Å²) in [6, 6.07) is 43.1. The topological polar surface area (TPSA) is 18.5 Å². The molecule has 0 amide bonds. The highest BCUT2D eigenvalue weighted by molar-refractivity contribution is 7.90. The van der Waals surface area contributed by atoms with Crippen LogP contribution in [0.5, 0.6) is 0 Å². The van der Waals surface area contributed by atoms with E-state index < -0.39 is 20.9 Å². The minimum atomic E-state index is -0.815. The molecule has 0 spiro atoms. The molecule has 148 valence electrons. The number of hydrogen-bond acceptors (Lipinski definition) is 2. The first-order valence-corrected chi connectivity index (χ1v) is 12.7. The summed E-state index contributed by atoms with van der Waals surface area (Å²) in [7, 11) is -1.63. The van der Waals surface area contributed by atoms with Crippen molar-refractivity contribution in [3.8, 4) is 0 Å². The first-order chi connectivity index (χ1) is 14.9. The zero-order valence-electron chi connectivity index (χ0n) is 16.5. The first kappa shape index (κ1) is 19.6. The molecule has 2 nitrogen and oxygen atoms in total. The fraction of sp³-hybridized carbons (Fsp3) is 0.0769. The van der Waals surface area contributed by atoms with E-state index in [9.17, 15) is 0 Å². The quantitative estimate of drug-likeness (QED) is 0.322.